The van der Waals surface area contributed by atoms with E-state index in [4.69, 9.17) is 0 Å². The molecule has 0 aliphatic carbocycles. The number of nitro groups is 1. The number of rotatable bonds is 7. The fourth-order valence-electron chi connectivity index (χ4n) is 1.87. The van der Waals surface area contributed by atoms with Crippen LogP contribution in [-0.4, -0.2) is 35.4 Å². The van der Waals surface area contributed by atoms with E-state index in [1.54, 1.807) is 4.90 Å². The van der Waals surface area contributed by atoms with Gasteiger partial charge in [-0.1, -0.05) is 0 Å². The highest BCUT2D eigenvalue weighted by atomic mass is 79.9. The van der Waals surface area contributed by atoms with Gasteiger partial charge >= 0.3 is 0 Å². The van der Waals surface area contributed by atoms with Crippen molar-refractivity contribution in [1.82, 2.24) is 4.90 Å². The zero-order valence-electron chi connectivity index (χ0n) is 11.9. The van der Waals surface area contributed by atoms with E-state index in [1.165, 1.54) is 6.07 Å². The molecule has 1 amide bonds. The molecular formula is C13H17BrFN3O3. The van der Waals surface area contributed by atoms with Crippen LogP contribution in [0.4, 0.5) is 15.8 Å². The summed E-state index contributed by atoms with van der Waals surface area (Å²) in [5, 5.41) is 13.7. The summed E-state index contributed by atoms with van der Waals surface area (Å²) in [6.45, 7) is 5.26. The first-order valence-corrected chi connectivity index (χ1v) is 7.35. The summed E-state index contributed by atoms with van der Waals surface area (Å²) in [5.41, 5.74) is -0.174. The molecule has 116 valence electrons. The van der Waals surface area contributed by atoms with Crippen LogP contribution in [0, 0.1) is 15.9 Å². The van der Waals surface area contributed by atoms with Gasteiger partial charge in [-0.25, -0.2) is 4.39 Å². The summed E-state index contributed by atoms with van der Waals surface area (Å²) < 4.78 is 13.5. The van der Waals surface area contributed by atoms with E-state index in [1.807, 2.05) is 13.8 Å². The Hall–Kier alpha value is -1.70. The molecule has 0 fully saturated rings. The van der Waals surface area contributed by atoms with Gasteiger partial charge in [0.15, 0.2) is 0 Å². The first-order chi connectivity index (χ1) is 9.90. The van der Waals surface area contributed by atoms with Crippen LogP contribution < -0.4 is 5.32 Å². The summed E-state index contributed by atoms with van der Waals surface area (Å²) in [6.07, 6.45) is 0.216. The normalized spacial score (nSPS) is 10.3. The van der Waals surface area contributed by atoms with Crippen molar-refractivity contribution in [1.29, 1.82) is 0 Å². The Labute approximate surface area is 130 Å². The minimum Gasteiger partial charge on any atom is -0.379 e. The van der Waals surface area contributed by atoms with E-state index in [-0.39, 0.29) is 34.7 Å². The molecule has 21 heavy (non-hydrogen) atoms. The van der Waals surface area contributed by atoms with Gasteiger partial charge in [-0.05, 0) is 35.8 Å². The van der Waals surface area contributed by atoms with Gasteiger partial charge in [-0.3, -0.25) is 14.9 Å². The third kappa shape index (κ3) is 4.66. The number of hydrogen-bond donors (Lipinski definition) is 1. The van der Waals surface area contributed by atoms with E-state index < -0.39 is 10.7 Å². The standard InChI is InChI=1S/C13H17BrFN3O3/c1-3-17(4-2)13(19)5-6-16-11-7-9(14)10(15)8-12(11)18(20)21/h7-8,16H,3-6H2,1-2H3. The number of carbonyl (C=O) groups is 1. The average molecular weight is 362 g/mol. The number of hydrogen-bond acceptors (Lipinski definition) is 4. The van der Waals surface area contributed by atoms with Crippen LogP contribution in [0.5, 0.6) is 0 Å². The molecule has 0 aliphatic heterocycles. The van der Waals surface area contributed by atoms with Crippen molar-refractivity contribution in [2.45, 2.75) is 20.3 Å². The Morgan fingerprint density at radius 2 is 2.05 bits per heavy atom. The minimum atomic E-state index is -0.702. The Morgan fingerprint density at radius 1 is 1.43 bits per heavy atom. The van der Waals surface area contributed by atoms with E-state index in [0.717, 1.165) is 6.07 Å². The van der Waals surface area contributed by atoms with E-state index in [2.05, 4.69) is 21.2 Å². The molecule has 8 heteroatoms. The predicted molar refractivity (Wildman–Crippen MR) is 81.8 cm³/mol. The van der Waals surface area contributed by atoms with Gasteiger partial charge in [0.2, 0.25) is 5.91 Å². The molecule has 1 aromatic rings. The van der Waals surface area contributed by atoms with Crippen LogP contribution in [0.15, 0.2) is 16.6 Å². The molecule has 0 saturated heterocycles. The maximum absolute atomic E-state index is 13.3. The predicted octanol–water partition coefficient (Wildman–Crippen LogP) is 3.17. The van der Waals surface area contributed by atoms with Gasteiger partial charge in [-0.2, -0.15) is 0 Å². The lowest BCUT2D eigenvalue weighted by Crippen LogP contribution is -2.31. The van der Waals surface area contributed by atoms with Crippen LogP contribution in [0.25, 0.3) is 0 Å². The Bertz CT molecular complexity index is 536. The van der Waals surface area contributed by atoms with Gasteiger partial charge in [0.05, 0.1) is 15.5 Å². The SMILES string of the molecule is CCN(CC)C(=O)CCNc1cc(Br)c(F)cc1[N+](=O)[O-]. The van der Waals surface area contributed by atoms with Crippen LogP contribution >= 0.6 is 15.9 Å². The van der Waals surface area contributed by atoms with Crippen LogP contribution in [0.3, 0.4) is 0 Å². The lowest BCUT2D eigenvalue weighted by Gasteiger charge is -2.18. The highest BCUT2D eigenvalue weighted by Crippen LogP contribution is 2.30. The molecule has 0 atom stereocenters. The van der Waals surface area contributed by atoms with E-state index >= 15 is 0 Å². The first kappa shape index (κ1) is 17.4. The number of nitrogens with one attached hydrogen (secondary N) is 1. The van der Waals surface area contributed by atoms with Gasteiger partial charge in [0.25, 0.3) is 5.69 Å². The maximum Gasteiger partial charge on any atom is 0.295 e. The molecule has 1 rings (SSSR count). The number of amides is 1. The molecule has 0 heterocycles. The summed E-state index contributed by atoms with van der Waals surface area (Å²) in [7, 11) is 0. The quantitative estimate of drug-likeness (QED) is 0.597. The van der Waals surface area contributed by atoms with E-state index in [9.17, 15) is 19.3 Å². The first-order valence-electron chi connectivity index (χ1n) is 6.55. The molecule has 0 aliphatic rings. The number of benzene rings is 1. The highest BCUT2D eigenvalue weighted by Gasteiger charge is 2.18. The Morgan fingerprint density at radius 3 is 2.57 bits per heavy atom. The molecule has 0 aromatic heterocycles. The number of halogens is 2. The lowest BCUT2D eigenvalue weighted by atomic mass is 10.2. The molecule has 0 radical (unpaired) electrons. The van der Waals surface area contributed by atoms with Gasteiger partial charge < -0.3 is 10.2 Å². The highest BCUT2D eigenvalue weighted by molar-refractivity contribution is 9.10. The zero-order chi connectivity index (χ0) is 16.0. The molecule has 0 unspecified atom stereocenters. The average Bonchev–Trinajstić information content (AvgIpc) is 2.43. The second-order valence-corrected chi connectivity index (χ2v) is 5.14. The topological polar surface area (TPSA) is 75.5 Å². The van der Waals surface area contributed by atoms with E-state index in [0.29, 0.717) is 13.1 Å². The number of anilines is 1. The molecule has 0 spiro atoms. The van der Waals surface area contributed by atoms with Crippen LogP contribution in [0.2, 0.25) is 0 Å². The summed E-state index contributed by atoms with van der Waals surface area (Å²) in [4.78, 5) is 23.7. The zero-order valence-corrected chi connectivity index (χ0v) is 13.4. The Balaban J connectivity index is 2.73. The monoisotopic (exact) mass is 361 g/mol. The Kier molecular flexibility index (Phi) is 6.54. The van der Waals surface area contributed by atoms with Gasteiger partial charge in [-0.15, -0.1) is 0 Å². The van der Waals surface area contributed by atoms with Crippen molar-refractivity contribution in [2.75, 3.05) is 25.0 Å². The number of nitro benzene ring substituents is 1. The molecule has 0 bridgehead atoms. The molecule has 1 N–H and O–H groups in total. The summed E-state index contributed by atoms with van der Waals surface area (Å²) >= 11 is 2.98. The summed E-state index contributed by atoms with van der Waals surface area (Å²) in [5.74, 6) is -0.734. The second kappa shape index (κ2) is 7.92. The third-order valence-corrected chi connectivity index (χ3v) is 3.61. The van der Waals surface area contributed by atoms with Gasteiger partial charge in [0.1, 0.15) is 11.5 Å². The van der Waals surface area contributed by atoms with Crippen molar-refractivity contribution in [3.05, 3.63) is 32.5 Å². The fourth-order valence-corrected chi connectivity index (χ4v) is 2.21. The second-order valence-electron chi connectivity index (χ2n) is 4.28. The largest absolute Gasteiger partial charge is 0.379 e. The maximum atomic E-state index is 13.3. The molecule has 6 nitrogen and oxygen atoms in total. The molecule has 0 saturated carbocycles. The molecular weight excluding hydrogens is 345 g/mol. The van der Waals surface area contributed by atoms with Crippen molar-refractivity contribution < 1.29 is 14.1 Å². The third-order valence-electron chi connectivity index (χ3n) is 3.01. The van der Waals surface area contributed by atoms with Crippen LogP contribution in [0.1, 0.15) is 20.3 Å². The van der Waals surface area contributed by atoms with Crippen molar-refractivity contribution in [3.63, 3.8) is 0 Å². The van der Waals surface area contributed by atoms with Gasteiger partial charge in [0, 0.05) is 26.1 Å². The minimum absolute atomic E-state index is 0.0312. The molecule has 1 aromatic carbocycles. The van der Waals surface area contributed by atoms with Crippen molar-refractivity contribution in [2.24, 2.45) is 0 Å². The smallest absolute Gasteiger partial charge is 0.295 e. The van der Waals surface area contributed by atoms with Crippen molar-refractivity contribution in [3.8, 4) is 0 Å². The van der Waals surface area contributed by atoms with Crippen molar-refractivity contribution >= 4 is 33.2 Å². The fraction of sp³-hybridized carbons (Fsp3) is 0.462. The van der Waals surface area contributed by atoms with Crippen LogP contribution in [-0.2, 0) is 4.79 Å². The number of carbonyl (C=O) groups excluding carboxylic acids is 1. The number of nitrogens with zero attached hydrogens (tertiary/aromatic N) is 2. The lowest BCUT2D eigenvalue weighted by molar-refractivity contribution is -0.384. The summed E-state index contributed by atoms with van der Waals surface area (Å²) in [6, 6.07) is 2.15.